The summed E-state index contributed by atoms with van der Waals surface area (Å²) in [5.74, 6) is 0. The van der Waals surface area contributed by atoms with Gasteiger partial charge in [0.25, 0.3) is 0 Å². The van der Waals surface area contributed by atoms with Crippen molar-refractivity contribution < 1.29 is 0 Å². The summed E-state index contributed by atoms with van der Waals surface area (Å²) in [4.78, 5) is 0. The van der Waals surface area contributed by atoms with E-state index in [0.717, 1.165) is 11.4 Å². The molecular formula is C7H9IN2. The number of nitrogens with two attached hydrogens (primary N) is 1. The van der Waals surface area contributed by atoms with Crippen molar-refractivity contribution in [1.29, 1.82) is 0 Å². The summed E-state index contributed by atoms with van der Waals surface area (Å²) < 4.78 is 2.98. The van der Waals surface area contributed by atoms with Gasteiger partial charge in [-0.1, -0.05) is 6.07 Å². The van der Waals surface area contributed by atoms with Crippen LogP contribution in [0.25, 0.3) is 0 Å². The monoisotopic (exact) mass is 248 g/mol. The number of nitrogen functional groups attached to an aromatic ring is 1. The minimum absolute atomic E-state index is 0.792. The van der Waals surface area contributed by atoms with Crippen LogP contribution in [0.3, 0.4) is 0 Å². The van der Waals surface area contributed by atoms with E-state index in [1.807, 2.05) is 25.1 Å². The Bertz CT molecular complexity index is 235. The summed E-state index contributed by atoms with van der Waals surface area (Å²) in [7, 11) is 0. The highest BCUT2D eigenvalue weighted by Gasteiger charge is 1.94. The third-order valence-corrected chi connectivity index (χ3v) is 1.89. The van der Waals surface area contributed by atoms with Crippen LogP contribution in [-0.4, -0.2) is 0 Å². The van der Waals surface area contributed by atoms with Crippen LogP contribution in [0.5, 0.6) is 0 Å². The lowest BCUT2D eigenvalue weighted by Gasteiger charge is -2.02. The number of nitrogens with one attached hydrogen (secondary N) is 1. The molecule has 0 aromatic heterocycles. The molecule has 0 atom stereocenters. The third kappa shape index (κ3) is 1.53. The lowest BCUT2D eigenvalue weighted by atomic mass is 10.2. The predicted molar refractivity (Wildman–Crippen MR) is 53.2 cm³/mol. The fourth-order valence-electron chi connectivity index (χ4n) is 0.752. The molecule has 3 N–H and O–H groups in total. The largest absolute Gasteiger partial charge is 0.397 e. The highest BCUT2D eigenvalue weighted by Crippen LogP contribution is 2.20. The zero-order valence-electron chi connectivity index (χ0n) is 5.69. The normalized spacial score (nSPS) is 9.40. The summed E-state index contributed by atoms with van der Waals surface area (Å²) in [6.45, 7) is 2.04. The van der Waals surface area contributed by atoms with Gasteiger partial charge in [-0.25, -0.2) is 0 Å². The van der Waals surface area contributed by atoms with Crippen LogP contribution in [-0.2, 0) is 0 Å². The number of hydrogen-bond donors (Lipinski definition) is 2. The average molecular weight is 248 g/mol. The maximum absolute atomic E-state index is 5.63. The maximum Gasteiger partial charge on any atom is 0.0663 e. The Morgan fingerprint density at radius 1 is 1.50 bits per heavy atom. The number of rotatable bonds is 1. The number of benzene rings is 1. The van der Waals surface area contributed by atoms with Gasteiger partial charge < -0.3 is 9.26 Å². The van der Waals surface area contributed by atoms with Crippen molar-refractivity contribution in [1.82, 2.24) is 0 Å². The fourth-order valence-corrected chi connectivity index (χ4v) is 1.22. The molecule has 54 valence electrons. The standard InChI is InChI=1S/C7H9IN2/c1-5-2-3-6(9)7(4-5)10-8/h2-4,10H,9H2,1H3. The lowest BCUT2D eigenvalue weighted by molar-refractivity contribution is 1.48. The van der Waals surface area contributed by atoms with E-state index in [9.17, 15) is 0 Å². The molecule has 0 aliphatic rings. The minimum Gasteiger partial charge on any atom is -0.397 e. The Balaban J connectivity index is 3.09. The zero-order valence-corrected chi connectivity index (χ0v) is 7.84. The van der Waals surface area contributed by atoms with Crippen molar-refractivity contribution in [2.45, 2.75) is 6.92 Å². The first-order valence-electron chi connectivity index (χ1n) is 2.97. The molecule has 0 bridgehead atoms. The van der Waals surface area contributed by atoms with E-state index in [-0.39, 0.29) is 0 Å². The Kier molecular flexibility index (Phi) is 2.37. The molecule has 0 fully saturated rings. The molecule has 0 amide bonds. The van der Waals surface area contributed by atoms with Gasteiger partial charge in [-0.05, 0) is 24.6 Å². The molecule has 2 nitrogen and oxygen atoms in total. The van der Waals surface area contributed by atoms with Gasteiger partial charge in [0.1, 0.15) is 0 Å². The fraction of sp³-hybridized carbons (Fsp3) is 0.143. The molecule has 0 aliphatic heterocycles. The SMILES string of the molecule is Cc1ccc(N)c(NI)c1. The molecule has 1 rings (SSSR count). The molecule has 0 radical (unpaired) electrons. The molecule has 1 aromatic rings. The van der Waals surface area contributed by atoms with Crippen LogP contribution in [0.2, 0.25) is 0 Å². The van der Waals surface area contributed by atoms with E-state index < -0.39 is 0 Å². The molecule has 3 heteroatoms. The molecular weight excluding hydrogens is 239 g/mol. The van der Waals surface area contributed by atoms with Crippen LogP contribution >= 0.6 is 22.9 Å². The van der Waals surface area contributed by atoms with Gasteiger partial charge in [-0.3, -0.25) is 0 Å². The Morgan fingerprint density at radius 3 is 2.70 bits per heavy atom. The van der Waals surface area contributed by atoms with E-state index in [0.29, 0.717) is 0 Å². The van der Waals surface area contributed by atoms with Crippen molar-refractivity contribution >= 4 is 34.2 Å². The van der Waals surface area contributed by atoms with Gasteiger partial charge in [0.15, 0.2) is 0 Å². The summed E-state index contributed by atoms with van der Waals surface area (Å²) in [6, 6.07) is 5.91. The van der Waals surface area contributed by atoms with Crippen LogP contribution in [0, 0.1) is 6.92 Å². The Labute approximate surface area is 74.3 Å². The molecule has 0 aliphatic carbocycles. The van der Waals surface area contributed by atoms with E-state index in [1.165, 1.54) is 5.56 Å². The number of aryl methyl sites for hydroxylation is 1. The van der Waals surface area contributed by atoms with Crippen LogP contribution in [0.1, 0.15) is 5.56 Å². The molecule has 0 unspecified atom stereocenters. The number of hydrogen-bond acceptors (Lipinski definition) is 2. The van der Waals surface area contributed by atoms with Gasteiger partial charge >= 0.3 is 0 Å². The van der Waals surface area contributed by atoms with Gasteiger partial charge in [-0.2, -0.15) is 0 Å². The van der Waals surface area contributed by atoms with Gasteiger partial charge in [0.2, 0.25) is 0 Å². The van der Waals surface area contributed by atoms with Crippen molar-refractivity contribution in [2.24, 2.45) is 0 Å². The van der Waals surface area contributed by atoms with E-state index >= 15 is 0 Å². The van der Waals surface area contributed by atoms with Crippen LogP contribution in [0.4, 0.5) is 11.4 Å². The summed E-state index contributed by atoms with van der Waals surface area (Å²) in [5, 5.41) is 0. The zero-order chi connectivity index (χ0) is 7.56. The highest BCUT2D eigenvalue weighted by atomic mass is 127. The maximum atomic E-state index is 5.63. The third-order valence-electron chi connectivity index (χ3n) is 1.31. The summed E-state index contributed by atoms with van der Waals surface area (Å²) >= 11 is 2.07. The quantitative estimate of drug-likeness (QED) is 0.454. The van der Waals surface area contributed by atoms with Crippen LogP contribution < -0.4 is 9.26 Å². The van der Waals surface area contributed by atoms with E-state index in [2.05, 4.69) is 26.4 Å². The average Bonchev–Trinajstić information content (AvgIpc) is 1.94. The van der Waals surface area contributed by atoms with Gasteiger partial charge in [-0.15, -0.1) is 0 Å². The topological polar surface area (TPSA) is 38.0 Å². The van der Waals surface area contributed by atoms with Crippen LogP contribution in [0.15, 0.2) is 18.2 Å². The smallest absolute Gasteiger partial charge is 0.0663 e. The summed E-state index contributed by atoms with van der Waals surface area (Å²) in [6.07, 6.45) is 0. The molecule has 0 heterocycles. The van der Waals surface area contributed by atoms with Crippen molar-refractivity contribution in [2.75, 3.05) is 9.26 Å². The second-order valence-corrected chi connectivity index (χ2v) is 2.72. The number of anilines is 2. The first-order chi connectivity index (χ1) is 4.74. The van der Waals surface area contributed by atoms with Gasteiger partial charge in [0.05, 0.1) is 34.2 Å². The van der Waals surface area contributed by atoms with E-state index in [1.54, 1.807) is 0 Å². The van der Waals surface area contributed by atoms with Crippen molar-refractivity contribution in [3.63, 3.8) is 0 Å². The Hall–Kier alpha value is -0.450. The molecule has 10 heavy (non-hydrogen) atoms. The summed E-state index contributed by atoms with van der Waals surface area (Å²) in [5.41, 5.74) is 8.63. The second kappa shape index (κ2) is 3.09. The molecule has 0 spiro atoms. The predicted octanol–water partition coefficient (Wildman–Crippen LogP) is 2.34. The highest BCUT2D eigenvalue weighted by molar-refractivity contribution is 14.1. The second-order valence-electron chi connectivity index (χ2n) is 2.19. The first-order valence-corrected chi connectivity index (χ1v) is 4.04. The van der Waals surface area contributed by atoms with Crippen molar-refractivity contribution in [3.05, 3.63) is 23.8 Å². The Morgan fingerprint density at radius 2 is 2.20 bits per heavy atom. The van der Waals surface area contributed by atoms with Gasteiger partial charge in [0, 0.05) is 0 Å². The molecule has 0 saturated heterocycles. The lowest BCUT2D eigenvalue weighted by Crippen LogP contribution is -1.90. The minimum atomic E-state index is 0.792. The molecule has 1 aromatic carbocycles. The number of halogens is 1. The van der Waals surface area contributed by atoms with E-state index in [4.69, 9.17) is 5.73 Å². The van der Waals surface area contributed by atoms with Crippen molar-refractivity contribution in [3.8, 4) is 0 Å². The molecule has 0 saturated carbocycles. The first kappa shape index (κ1) is 7.65.